The molecule has 0 radical (unpaired) electrons. The van der Waals surface area contributed by atoms with Crippen molar-refractivity contribution < 1.29 is 18.3 Å². The Morgan fingerprint density at radius 2 is 2.05 bits per heavy atom. The first-order valence-electron chi connectivity index (χ1n) is 7.10. The zero-order valence-electron chi connectivity index (χ0n) is 12.9. The van der Waals surface area contributed by atoms with E-state index in [-0.39, 0.29) is 12.5 Å². The standard InChI is InChI=1S/C16H19F2NO2S/c1-10(2)6-7-20-9-21-16-12(4-5-13(17)15(16)18)14-8-22-11(3)19-14/h4-5,8,10H,6-7,9H2,1-3H3. The Kier molecular flexibility index (Phi) is 5.85. The normalized spacial score (nSPS) is 11.2. The molecule has 0 fully saturated rings. The van der Waals surface area contributed by atoms with E-state index in [9.17, 15) is 8.78 Å². The smallest absolute Gasteiger partial charge is 0.201 e. The summed E-state index contributed by atoms with van der Waals surface area (Å²) >= 11 is 1.44. The van der Waals surface area contributed by atoms with Gasteiger partial charge in [0.1, 0.15) is 0 Å². The van der Waals surface area contributed by atoms with Crippen LogP contribution in [0.5, 0.6) is 5.75 Å². The van der Waals surface area contributed by atoms with Gasteiger partial charge in [0.25, 0.3) is 0 Å². The summed E-state index contributed by atoms with van der Waals surface area (Å²) in [6.07, 6.45) is 0.882. The van der Waals surface area contributed by atoms with Gasteiger partial charge in [-0.25, -0.2) is 9.37 Å². The van der Waals surface area contributed by atoms with E-state index in [1.54, 1.807) is 5.38 Å². The molecule has 0 saturated carbocycles. The Labute approximate surface area is 132 Å². The third-order valence-electron chi connectivity index (χ3n) is 3.07. The molecule has 0 spiro atoms. The number of aryl methyl sites for hydroxylation is 1. The fraction of sp³-hybridized carbons (Fsp3) is 0.438. The predicted octanol–water partition coefficient (Wildman–Crippen LogP) is 4.80. The van der Waals surface area contributed by atoms with Crippen molar-refractivity contribution in [1.29, 1.82) is 0 Å². The zero-order valence-corrected chi connectivity index (χ0v) is 13.7. The maximum Gasteiger partial charge on any atom is 0.201 e. The highest BCUT2D eigenvalue weighted by molar-refractivity contribution is 7.09. The molecule has 0 atom stereocenters. The van der Waals surface area contributed by atoms with Gasteiger partial charge in [-0.3, -0.25) is 0 Å². The summed E-state index contributed by atoms with van der Waals surface area (Å²) in [5.74, 6) is -1.61. The van der Waals surface area contributed by atoms with Crippen molar-refractivity contribution in [3.63, 3.8) is 0 Å². The van der Waals surface area contributed by atoms with Crippen molar-refractivity contribution in [1.82, 2.24) is 4.98 Å². The van der Waals surface area contributed by atoms with Crippen molar-refractivity contribution in [3.8, 4) is 17.0 Å². The van der Waals surface area contributed by atoms with E-state index in [1.807, 2.05) is 6.92 Å². The highest BCUT2D eigenvalue weighted by atomic mass is 32.1. The number of thiazole rings is 1. The molecule has 0 saturated heterocycles. The Morgan fingerprint density at radius 3 is 2.68 bits per heavy atom. The number of nitrogens with zero attached hydrogens (tertiary/aromatic N) is 1. The van der Waals surface area contributed by atoms with E-state index in [0.717, 1.165) is 17.5 Å². The molecular formula is C16H19F2NO2S. The first-order valence-corrected chi connectivity index (χ1v) is 7.98. The minimum Gasteiger partial charge on any atom is -0.464 e. The van der Waals surface area contributed by atoms with Gasteiger partial charge in [-0.15, -0.1) is 11.3 Å². The van der Waals surface area contributed by atoms with Gasteiger partial charge >= 0.3 is 0 Å². The average molecular weight is 327 g/mol. The fourth-order valence-corrected chi connectivity index (χ4v) is 2.45. The fourth-order valence-electron chi connectivity index (χ4n) is 1.84. The molecule has 0 aliphatic rings. The van der Waals surface area contributed by atoms with Crippen LogP contribution in [-0.4, -0.2) is 18.4 Å². The second kappa shape index (κ2) is 7.65. The lowest BCUT2D eigenvalue weighted by atomic mass is 10.1. The summed E-state index contributed by atoms with van der Waals surface area (Å²) in [6.45, 7) is 6.41. The number of rotatable bonds is 7. The van der Waals surface area contributed by atoms with Crippen LogP contribution in [0.25, 0.3) is 11.3 Å². The lowest BCUT2D eigenvalue weighted by Gasteiger charge is -2.12. The summed E-state index contributed by atoms with van der Waals surface area (Å²) in [5, 5.41) is 2.63. The number of aromatic nitrogens is 1. The number of hydrogen-bond acceptors (Lipinski definition) is 4. The molecule has 1 aromatic carbocycles. The molecule has 0 aliphatic carbocycles. The Hall–Kier alpha value is -1.53. The van der Waals surface area contributed by atoms with Crippen LogP contribution >= 0.6 is 11.3 Å². The second-order valence-electron chi connectivity index (χ2n) is 5.34. The van der Waals surface area contributed by atoms with Crippen LogP contribution in [0.2, 0.25) is 0 Å². The molecule has 0 unspecified atom stereocenters. The Morgan fingerprint density at radius 1 is 1.27 bits per heavy atom. The summed E-state index contributed by atoms with van der Waals surface area (Å²) in [6, 6.07) is 2.54. The minimum atomic E-state index is -1.02. The Balaban J connectivity index is 2.12. The average Bonchev–Trinajstić information content (AvgIpc) is 2.89. The topological polar surface area (TPSA) is 31.4 Å². The minimum absolute atomic E-state index is 0.122. The van der Waals surface area contributed by atoms with Crippen LogP contribution < -0.4 is 4.74 Å². The van der Waals surface area contributed by atoms with E-state index in [0.29, 0.717) is 23.8 Å². The van der Waals surface area contributed by atoms with Crippen LogP contribution in [-0.2, 0) is 4.74 Å². The first-order chi connectivity index (χ1) is 10.5. The second-order valence-corrected chi connectivity index (χ2v) is 6.41. The van der Waals surface area contributed by atoms with Gasteiger partial charge in [0.2, 0.25) is 5.82 Å². The van der Waals surface area contributed by atoms with Crippen LogP contribution in [0, 0.1) is 24.5 Å². The van der Waals surface area contributed by atoms with Crippen LogP contribution in [0.1, 0.15) is 25.3 Å². The molecule has 6 heteroatoms. The molecule has 0 bridgehead atoms. The summed E-state index contributed by atoms with van der Waals surface area (Å²) < 4.78 is 38.1. The van der Waals surface area contributed by atoms with Crippen molar-refractivity contribution in [2.45, 2.75) is 27.2 Å². The molecule has 3 nitrogen and oxygen atoms in total. The monoisotopic (exact) mass is 327 g/mol. The summed E-state index contributed by atoms with van der Waals surface area (Å²) in [4.78, 5) is 4.29. The third-order valence-corrected chi connectivity index (χ3v) is 3.84. The van der Waals surface area contributed by atoms with Crippen LogP contribution in [0.4, 0.5) is 8.78 Å². The van der Waals surface area contributed by atoms with E-state index < -0.39 is 11.6 Å². The highest BCUT2D eigenvalue weighted by Gasteiger charge is 2.18. The first kappa shape index (κ1) is 16.8. The van der Waals surface area contributed by atoms with E-state index in [4.69, 9.17) is 9.47 Å². The maximum absolute atomic E-state index is 14.0. The number of hydrogen-bond donors (Lipinski definition) is 0. The molecule has 22 heavy (non-hydrogen) atoms. The summed E-state index contributed by atoms with van der Waals surface area (Å²) in [7, 11) is 0. The predicted molar refractivity (Wildman–Crippen MR) is 83.1 cm³/mol. The van der Waals surface area contributed by atoms with Gasteiger partial charge in [0.05, 0.1) is 17.3 Å². The molecule has 1 heterocycles. The van der Waals surface area contributed by atoms with E-state index >= 15 is 0 Å². The highest BCUT2D eigenvalue weighted by Crippen LogP contribution is 2.34. The molecule has 2 rings (SSSR count). The van der Waals surface area contributed by atoms with Crippen molar-refractivity contribution >= 4 is 11.3 Å². The molecule has 0 N–H and O–H groups in total. The zero-order chi connectivity index (χ0) is 16.1. The van der Waals surface area contributed by atoms with Crippen molar-refractivity contribution in [3.05, 3.63) is 34.2 Å². The lowest BCUT2D eigenvalue weighted by molar-refractivity contribution is 0.00868. The van der Waals surface area contributed by atoms with E-state index in [1.165, 1.54) is 17.4 Å². The molecule has 0 aliphatic heterocycles. The van der Waals surface area contributed by atoms with Crippen molar-refractivity contribution in [2.24, 2.45) is 5.92 Å². The summed E-state index contributed by atoms with van der Waals surface area (Å²) in [5.41, 5.74) is 0.995. The van der Waals surface area contributed by atoms with Crippen LogP contribution in [0.3, 0.4) is 0 Å². The molecule has 120 valence electrons. The Bertz CT molecular complexity index is 629. The maximum atomic E-state index is 14.0. The third kappa shape index (κ3) is 4.24. The van der Waals surface area contributed by atoms with Gasteiger partial charge < -0.3 is 9.47 Å². The molecular weight excluding hydrogens is 308 g/mol. The van der Waals surface area contributed by atoms with Gasteiger partial charge in [0, 0.05) is 10.9 Å². The SMILES string of the molecule is Cc1nc(-c2ccc(F)c(F)c2OCOCCC(C)C)cs1. The van der Waals surface area contributed by atoms with Crippen LogP contribution in [0.15, 0.2) is 17.5 Å². The van der Waals surface area contributed by atoms with Crippen molar-refractivity contribution in [2.75, 3.05) is 13.4 Å². The van der Waals surface area contributed by atoms with Gasteiger partial charge in [0.15, 0.2) is 18.4 Å². The lowest BCUT2D eigenvalue weighted by Crippen LogP contribution is -2.08. The van der Waals surface area contributed by atoms with E-state index in [2.05, 4.69) is 18.8 Å². The van der Waals surface area contributed by atoms with Gasteiger partial charge in [-0.05, 0) is 31.4 Å². The molecule has 2 aromatic rings. The largest absolute Gasteiger partial charge is 0.464 e. The molecule has 1 aromatic heterocycles. The van der Waals surface area contributed by atoms with Gasteiger partial charge in [-0.2, -0.15) is 4.39 Å². The number of benzene rings is 1. The molecule has 0 amide bonds. The van der Waals surface area contributed by atoms with Gasteiger partial charge in [-0.1, -0.05) is 13.8 Å². The quantitative estimate of drug-likeness (QED) is 0.541. The number of ether oxygens (including phenoxy) is 2. The number of halogens is 2.